The van der Waals surface area contributed by atoms with Crippen molar-refractivity contribution in [2.45, 2.75) is 6.92 Å². The summed E-state index contributed by atoms with van der Waals surface area (Å²) in [6.07, 6.45) is 0. The molecule has 0 saturated carbocycles. The van der Waals surface area contributed by atoms with E-state index in [1.165, 1.54) is 0 Å². The number of hydrogen-bond donors (Lipinski definition) is 1. The zero-order valence-corrected chi connectivity index (χ0v) is 15.0. The average molecular weight is 344 g/mol. The highest BCUT2D eigenvalue weighted by molar-refractivity contribution is 5.94. The van der Waals surface area contributed by atoms with Crippen LogP contribution in [0, 0.1) is 6.92 Å². The second-order valence-electron chi connectivity index (χ2n) is 6.16. The third-order valence-electron chi connectivity index (χ3n) is 4.62. The summed E-state index contributed by atoms with van der Waals surface area (Å²) in [5, 5.41) is 0. The summed E-state index contributed by atoms with van der Waals surface area (Å²) < 4.78 is 11.1. The van der Waals surface area contributed by atoms with Crippen molar-refractivity contribution in [2.24, 2.45) is 0 Å². The first-order chi connectivity index (χ1) is 12.7. The monoisotopic (exact) mass is 344 g/mol. The fourth-order valence-corrected chi connectivity index (χ4v) is 3.24. The minimum atomic E-state index is 0.801. The van der Waals surface area contributed by atoms with Crippen LogP contribution >= 0.6 is 0 Å². The van der Waals surface area contributed by atoms with Gasteiger partial charge in [-0.2, -0.15) is 0 Å². The summed E-state index contributed by atoms with van der Waals surface area (Å²) in [6.45, 7) is 1.99. The number of para-hydroxylation sites is 1. The van der Waals surface area contributed by atoms with Gasteiger partial charge in [0, 0.05) is 16.7 Å². The van der Waals surface area contributed by atoms with Gasteiger partial charge in [0.2, 0.25) is 0 Å². The van der Waals surface area contributed by atoms with E-state index in [-0.39, 0.29) is 0 Å². The number of methoxy groups -OCH3 is 2. The quantitative estimate of drug-likeness (QED) is 0.552. The highest BCUT2D eigenvalue weighted by Crippen LogP contribution is 2.37. The maximum absolute atomic E-state index is 5.53. The van der Waals surface area contributed by atoms with Crippen LogP contribution < -0.4 is 9.47 Å². The van der Waals surface area contributed by atoms with E-state index in [0.29, 0.717) is 0 Å². The van der Waals surface area contributed by atoms with Crippen molar-refractivity contribution in [3.63, 3.8) is 0 Å². The van der Waals surface area contributed by atoms with E-state index in [1.54, 1.807) is 14.2 Å². The lowest BCUT2D eigenvalue weighted by Gasteiger charge is -2.13. The highest BCUT2D eigenvalue weighted by atomic mass is 16.5. The van der Waals surface area contributed by atoms with E-state index in [1.807, 2.05) is 49.4 Å². The molecule has 0 radical (unpaired) electrons. The molecule has 3 aromatic carbocycles. The van der Waals surface area contributed by atoms with Crippen molar-refractivity contribution in [1.29, 1.82) is 0 Å². The normalized spacial score (nSPS) is 10.9. The molecule has 0 saturated heterocycles. The van der Waals surface area contributed by atoms with Crippen LogP contribution in [0.3, 0.4) is 0 Å². The molecule has 0 aliphatic carbocycles. The molecule has 1 heterocycles. The molecule has 0 bridgehead atoms. The summed E-state index contributed by atoms with van der Waals surface area (Å²) >= 11 is 0. The molecule has 0 fully saturated rings. The third kappa shape index (κ3) is 2.69. The van der Waals surface area contributed by atoms with Gasteiger partial charge in [0.1, 0.15) is 17.3 Å². The number of ether oxygens (including phenoxy) is 2. The van der Waals surface area contributed by atoms with Gasteiger partial charge < -0.3 is 14.5 Å². The average Bonchev–Trinajstić information content (AvgIpc) is 3.13. The number of benzene rings is 3. The Balaban J connectivity index is 1.91. The van der Waals surface area contributed by atoms with Crippen LogP contribution in [0.25, 0.3) is 33.5 Å². The predicted molar refractivity (Wildman–Crippen MR) is 105 cm³/mol. The van der Waals surface area contributed by atoms with E-state index in [2.05, 4.69) is 23.2 Å². The zero-order valence-electron chi connectivity index (χ0n) is 15.0. The Kier molecular flexibility index (Phi) is 4.09. The fraction of sp³-hybridized carbons (Fsp3) is 0.136. The number of aromatic amines is 1. The number of rotatable bonds is 4. The van der Waals surface area contributed by atoms with Crippen molar-refractivity contribution in [3.05, 3.63) is 66.2 Å². The maximum atomic E-state index is 5.53. The topological polar surface area (TPSA) is 47.1 Å². The molecule has 0 unspecified atom stereocenters. The molecule has 4 nitrogen and oxygen atoms in total. The van der Waals surface area contributed by atoms with E-state index < -0.39 is 0 Å². The maximum Gasteiger partial charge on any atom is 0.138 e. The van der Waals surface area contributed by atoms with Gasteiger partial charge in [-0.25, -0.2) is 4.98 Å². The lowest BCUT2D eigenvalue weighted by Crippen LogP contribution is -1.94. The van der Waals surface area contributed by atoms with Crippen LogP contribution in [0.15, 0.2) is 60.7 Å². The lowest BCUT2D eigenvalue weighted by molar-refractivity contribution is 0.389. The molecule has 0 aliphatic rings. The summed E-state index contributed by atoms with van der Waals surface area (Å²) in [5.74, 6) is 2.46. The van der Waals surface area contributed by atoms with Gasteiger partial charge in [0.15, 0.2) is 0 Å². The number of nitrogens with one attached hydrogen (secondary N) is 1. The molecule has 26 heavy (non-hydrogen) atoms. The Morgan fingerprint density at radius 1 is 0.808 bits per heavy atom. The summed E-state index contributed by atoms with van der Waals surface area (Å²) in [4.78, 5) is 8.27. The van der Waals surface area contributed by atoms with E-state index in [0.717, 1.165) is 50.6 Å². The minimum absolute atomic E-state index is 0.801. The van der Waals surface area contributed by atoms with Crippen LogP contribution in [0.2, 0.25) is 0 Å². The standard InChI is InChI=1S/C22H20N2O2/c1-14-19(25-2)12-16(13-20(14)26-3)17-10-7-11-18-21(17)24-22(23-18)15-8-5-4-6-9-15/h4-13H,1-3H3,(H,23,24). The second-order valence-corrected chi connectivity index (χ2v) is 6.16. The van der Waals surface area contributed by atoms with Crippen LogP contribution in [0.1, 0.15) is 5.56 Å². The van der Waals surface area contributed by atoms with E-state index in [9.17, 15) is 0 Å². The van der Waals surface area contributed by atoms with Crippen LogP contribution in [-0.4, -0.2) is 24.2 Å². The lowest BCUT2D eigenvalue weighted by atomic mass is 10.0. The zero-order chi connectivity index (χ0) is 18.1. The second kappa shape index (κ2) is 6.56. The smallest absolute Gasteiger partial charge is 0.138 e. The molecular weight excluding hydrogens is 324 g/mol. The van der Waals surface area contributed by atoms with E-state index >= 15 is 0 Å². The van der Waals surface area contributed by atoms with Gasteiger partial charge in [0.05, 0.1) is 25.3 Å². The molecule has 130 valence electrons. The van der Waals surface area contributed by atoms with Crippen LogP contribution in [-0.2, 0) is 0 Å². The largest absolute Gasteiger partial charge is 0.496 e. The van der Waals surface area contributed by atoms with Crippen molar-refractivity contribution in [2.75, 3.05) is 14.2 Å². The predicted octanol–water partition coefficient (Wildman–Crippen LogP) is 5.22. The van der Waals surface area contributed by atoms with Gasteiger partial charge in [0.25, 0.3) is 0 Å². The van der Waals surface area contributed by atoms with Crippen molar-refractivity contribution < 1.29 is 9.47 Å². The molecule has 1 N–H and O–H groups in total. The Labute approximate surface area is 152 Å². The molecule has 4 heteroatoms. The first kappa shape index (κ1) is 16.2. The Hall–Kier alpha value is -3.27. The van der Waals surface area contributed by atoms with Gasteiger partial charge in [-0.1, -0.05) is 42.5 Å². The Bertz CT molecular complexity index is 1040. The van der Waals surface area contributed by atoms with Crippen LogP contribution in [0.4, 0.5) is 0 Å². The van der Waals surface area contributed by atoms with Gasteiger partial charge in [-0.3, -0.25) is 0 Å². The first-order valence-corrected chi connectivity index (χ1v) is 8.48. The molecule has 4 rings (SSSR count). The number of fused-ring (bicyclic) bond motifs is 1. The SMILES string of the molecule is COc1cc(-c2cccc3[nH]c(-c4ccccc4)nc23)cc(OC)c1C. The van der Waals surface area contributed by atoms with Crippen molar-refractivity contribution >= 4 is 11.0 Å². The van der Waals surface area contributed by atoms with Gasteiger partial charge >= 0.3 is 0 Å². The molecule has 0 spiro atoms. The number of nitrogens with zero attached hydrogens (tertiary/aromatic N) is 1. The van der Waals surface area contributed by atoms with Gasteiger partial charge in [-0.15, -0.1) is 0 Å². The Morgan fingerprint density at radius 3 is 2.15 bits per heavy atom. The Morgan fingerprint density at radius 2 is 1.50 bits per heavy atom. The molecule has 4 aromatic rings. The van der Waals surface area contributed by atoms with Crippen molar-refractivity contribution in [1.82, 2.24) is 9.97 Å². The minimum Gasteiger partial charge on any atom is -0.496 e. The molecule has 0 amide bonds. The molecule has 1 aromatic heterocycles. The summed E-state index contributed by atoms with van der Waals surface area (Å²) in [7, 11) is 3.35. The molecule has 0 aliphatic heterocycles. The van der Waals surface area contributed by atoms with Gasteiger partial charge in [-0.05, 0) is 30.7 Å². The summed E-state index contributed by atoms with van der Waals surface area (Å²) in [6, 6.07) is 20.3. The fourth-order valence-electron chi connectivity index (χ4n) is 3.24. The first-order valence-electron chi connectivity index (χ1n) is 8.48. The third-order valence-corrected chi connectivity index (χ3v) is 4.62. The summed E-state index contributed by atoms with van der Waals surface area (Å²) in [5.41, 5.74) is 6.03. The van der Waals surface area contributed by atoms with Crippen molar-refractivity contribution in [3.8, 4) is 34.0 Å². The molecule has 0 atom stereocenters. The highest BCUT2D eigenvalue weighted by Gasteiger charge is 2.14. The number of hydrogen-bond acceptors (Lipinski definition) is 3. The van der Waals surface area contributed by atoms with E-state index in [4.69, 9.17) is 14.5 Å². The number of H-pyrrole nitrogens is 1. The number of imidazole rings is 1. The number of aromatic nitrogens is 2. The molecular formula is C22H20N2O2. The van der Waals surface area contributed by atoms with Crippen LogP contribution in [0.5, 0.6) is 11.5 Å².